The van der Waals surface area contributed by atoms with E-state index in [2.05, 4.69) is 0 Å². The molecular formula is C17H22ClFN2O2. The Bertz CT molecular complexity index is 605. The van der Waals surface area contributed by atoms with Crippen LogP contribution in [0.2, 0.25) is 5.02 Å². The Morgan fingerprint density at radius 3 is 2.22 bits per heavy atom. The zero-order chi connectivity index (χ0) is 17.2. The number of benzene rings is 1. The molecule has 1 fully saturated rings. The quantitative estimate of drug-likeness (QED) is 0.829. The highest BCUT2D eigenvalue weighted by Gasteiger charge is 2.28. The number of carbonyl (C=O) groups excluding carboxylic acids is 2. The standard InChI is InChI=1S/C17H22ClFN2O2/c1-17(2,3)11-15(22)20-6-8-21(9-7-20)16(23)13-5-4-12(18)10-14(13)19/h4-5,10H,6-9,11H2,1-3H3. The molecule has 0 aromatic heterocycles. The Hall–Kier alpha value is -1.62. The fraction of sp³-hybridized carbons (Fsp3) is 0.529. The SMILES string of the molecule is CC(C)(C)CC(=O)N1CCN(C(=O)c2ccc(Cl)cc2F)CC1. The molecular weight excluding hydrogens is 319 g/mol. The lowest BCUT2D eigenvalue weighted by Crippen LogP contribution is -2.51. The van der Waals surface area contributed by atoms with Crippen LogP contribution in [0.5, 0.6) is 0 Å². The van der Waals surface area contributed by atoms with E-state index in [1.807, 2.05) is 20.8 Å². The molecule has 0 N–H and O–H groups in total. The summed E-state index contributed by atoms with van der Waals surface area (Å²) in [6.45, 7) is 7.86. The topological polar surface area (TPSA) is 40.6 Å². The van der Waals surface area contributed by atoms with Crippen molar-refractivity contribution in [2.24, 2.45) is 5.41 Å². The Balaban J connectivity index is 1.96. The molecule has 0 atom stereocenters. The van der Waals surface area contributed by atoms with Crippen molar-refractivity contribution in [3.05, 3.63) is 34.6 Å². The molecule has 0 unspecified atom stereocenters. The van der Waals surface area contributed by atoms with Gasteiger partial charge in [0, 0.05) is 37.6 Å². The monoisotopic (exact) mass is 340 g/mol. The minimum atomic E-state index is -0.617. The largest absolute Gasteiger partial charge is 0.339 e. The number of carbonyl (C=O) groups is 2. The second kappa shape index (κ2) is 6.87. The molecule has 0 aliphatic carbocycles. The summed E-state index contributed by atoms with van der Waals surface area (Å²) in [5, 5.41) is 0.261. The molecule has 2 amide bonds. The maximum atomic E-state index is 13.9. The Morgan fingerprint density at radius 1 is 1.13 bits per heavy atom. The third kappa shape index (κ3) is 4.67. The molecule has 0 bridgehead atoms. The molecule has 126 valence electrons. The molecule has 1 aliphatic heterocycles. The highest BCUT2D eigenvalue weighted by Crippen LogP contribution is 2.21. The second-order valence-electron chi connectivity index (χ2n) is 7.03. The Kier molecular flexibility index (Phi) is 5.30. The van der Waals surface area contributed by atoms with Gasteiger partial charge in [0.2, 0.25) is 5.91 Å². The van der Waals surface area contributed by atoms with Crippen molar-refractivity contribution in [2.75, 3.05) is 26.2 Å². The van der Waals surface area contributed by atoms with E-state index in [9.17, 15) is 14.0 Å². The van der Waals surface area contributed by atoms with Crippen LogP contribution < -0.4 is 0 Å². The molecule has 23 heavy (non-hydrogen) atoms. The molecule has 1 heterocycles. The zero-order valence-electron chi connectivity index (χ0n) is 13.7. The van der Waals surface area contributed by atoms with Crippen LogP contribution in [0.1, 0.15) is 37.6 Å². The van der Waals surface area contributed by atoms with Gasteiger partial charge in [-0.3, -0.25) is 9.59 Å². The van der Waals surface area contributed by atoms with Crippen LogP contribution in [0.3, 0.4) is 0 Å². The zero-order valence-corrected chi connectivity index (χ0v) is 14.5. The highest BCUT2D eigenvalue weighted by molar-refractivity contribution is 6.30. The van der Waals surface area contributed by atoms with Crippen molar-refractivity contribution in [3.8, 4) is 0 Å². The van der Waals surface area contributed by atoms with Crippen molar-refractivity contribution in [2.45, 2.75) is 27.2 Å². The maximum absolute atomic E-state index is 13.9. The van der Waals surface area contributed by atoms with E-state index in [1.54, 1.807) is 9.80 Å². The molecule has 1 saturated heterocycles. The summed E-state index contributed by atoms with van der Waals surface area (Å²) >= 11 is 5.71. The first-order valence-corrected chi connectivity index (χ1v) is 8.07. The smallest absolute Gasteiger partial charge is 0.256 e. The van der Waals surface area contributed by atoms with E-state index in [-0.39, 0.29) is 27.8 Å². The molecule has 1 aromatic rings. The van der Waals surface area contributed by atoms with Crippen LogP contribution in [0.15, 0.2) is 18.2 Å². The van der Waals surface area contributed by atoms with Gasteiger partial charge in [0.15, 0.2) is 0 Å². The summed E-state index contributed by atoms with van der Waals surface area (Å²) in [4.78, 5) is 27.9. The fourth-order valence-electron chi connectivity index (χ4n) is 2.56. The number of hydrogen-bond acceptors (Lipinski definition) is 2. The number of halogens is 2. The van der Waals surface area contributed by atoms with Gasteiger partial charge in [0.25, 0.3) is 5.91 Å². The van der Waals surface area contributed by atoms with E-state index in [1.165, 1.54) is 12.1 Å². The van der Waals surface area contributed by atoms with Crippen LogP contribution in [0, 0.1) is 11.2 Å². The first-order valence-electron chi connectivity index (χ1n) is 7.69. The fourth-order valence-corrected chi connectivity index (χ4v) is 2.72. The summed E-state index contributed by atoms with van der Waals surface area (Å²) in [7, 11) is 0. The van der Waals surface area contributed by atoms with Crippen LogP contribution in [0.4, 0.5) is 4.39 Å². The van der Waals surface area contributed by atoms with Crippen LogP contribution in [-0.2, 0) is 4.79 Å². The van der Waals surface area contributed by atoms with Crippen LogP contribution in [0.25, 0.3) is 0 Å². The number of rotatable bonds is 2. The average Bonchev–Trinajstić information content (AvgIpc) is 2.45. The van der Waals surface area contributed by atoms with Gasteiger partial charge in [-0.2, -0.15) is 0 Å². The lowest BCUT2D eigenvalue weighted by atomic mass is 9.91. The van der Waals surface area contributed by atoms with Crippen molar-refractivity contribution < 1.29 is 14.0 Å². The summed E-state index contributed by atoms with van der Waals surface area (Å²) in [5.41, 5.74) is -0.0416. The van der Waals surface area contributed by atoms with Gasteiger partial charge in [0.1, 0.15) is 5.82 Å². The van der Waals surface area contributed by atoms with Gasteiger partial charge < -0.3 is 9.80 Å². The molecule has 0 radical (unpaired) electrons. The molecule has 4 nitrogen and oxygen atoms in total. The Morgan fingerprint density at radius 2 is 1.70 bits per heavy atom. The van der Waals surface area contributed by atoms with E-state index in [0.29, 0.717) is 32.6 Å². The maximum Gasteiger partial charge on any atom is 0.256 e. The van der Waals surface area contributed by atoms with Gasteiger partial charge in [0.05, 0.1) is 5.56 Å². The van der Waals surface area contributed by atoms with Crippen molar-refractivity contribution in [1.82, 2.24) is 9.80 Å². The molecule has 6 heteroatoms. The van der Waals surface area contributed by atoms with Crippen molar-refractivity contribution >= 4 is 23.4 Å². The first-order chi connectivity index (χ1) is 10.7. The minimum absolute atomic E-state index is 0.0175. The van der Waals surface area contributed by atoms with Crippen LogP contribution in [-0.4, -0.2) is 47.8 Å². The summed E-state index contributed by atoms with van der Waals surface area (Å²) in [6.07, 6.45) is 0.479. The van der Waals surface area contributed by atoms with E-state index in [4.69, 9.17) is 11.6 Å². The van der Waals surface area contributed by atoms with E-state index >= 15 is 0 Å². The minimum Gasteiger partial charge on any atom is -0.339 e. The van der Waals surface area contributed by atoms with Gasteiger partial charge in [-0.25, -0.2) is 4.39 Å². The molecule has 2 rings (SSSR count). The van der Waals surface area contributed by atoms with E-state index < -0.39 is 5.82 Å². The average molecular weight is 341 g/mol. The first kappa shape index (κ1) is 17.7. The number of nitrogens with zero attached hydrogens (tertiary/aromatic N) is 2. The lowest BCUT2D eigenvalue weighted by molar-refractivity contribution is -0.134. The third-order valence-electron chi connectivity index (χ3n) is 3.76. The number of piperazine rings is 1. The van der Waals surface area contributed by atoms with Gasteiger partial charge >= 0.3 is 0 Å². The van der Waals surface area contributed by atoms with Crippen LogP contribution >= 0.6 is 11.6 Å². The lowest BCUT2D eigenvalue weighted by Gasteiger charge is -2.36. The van der Waals surface area contributed by atoms with Gasteiger partial charge in [-0.15, -0.1) is 0 Å². The molecule has 0 saturated carbocycles. The van der Waals surface area contributed by atoms with Crippen molar-refractivity contribution in [3.63, 3.8) is 0 Å². The summed E-state index contributed by atoms with van der Waals surface area (Å²) in [5.74, 6) is -0.877. The second-order valence-corrected chi connectivity index (χ2v) is 7.47. The Labute approximate surface area is 141 Å². The molecule has 0 spiro atoms. The molecule has 1 aromatic carbocycles. The molecule has 1 aliphatic rings. The normalized spacial score (nSPS) is 15.7. The van der Waals surface area contributed by atoms with Gasteiger partial charge in [-0.05, 0) is 23.6 Å². The number of amides is 2. The predicted molar refractivity (Wildman–Crippen MR) is 88.0 cm³/mol. The summed E-state index contributed by atoms with van der Waals surface area (Å²) < 4.78 is 13.9. The van der Waals surface area contributed by atoms with E-state index in [0.717, 1.165) is 6.07 Å². The highest BCUT2D eigenvalue weighted by atomic mass is 35.5. The van der Waals surface area contributed by atoms with Crippen molar-refractivity contribution in [1.29, 1.82) is 0 Å². The van der Waals surface area contributed by atoms with Gasteiger partial charge in [-0.1, -0.05) is 32.4 Å². The third-order valence-corrected chi connectivity index (χ3v) is 4.00. The summed E-state index contributed by atoms with van der Waals surface area (Å²) in [6, 6.07) is 4.04. The number of hydrogen-bond donors (Lipinski definition) is 0. The predicted octanol–water partition coefficient (Wildman–Crippen LogP) is 3.20.